The Kier molecular flexibility index (Phi) is 6.33. The monoisotopic (exact) mass is 375 g/mol. The van der Waals surface area contributed by atoms with Crippen molar-refractivity contribution >= 4 is 5.96 Å². The number of aliphatic imine (C=N–C) groups is 1. The average molecular weight is 375 g/mol. The Bertz CT molecular complexity index is 484. The summed E-state index contributed by atoms with van der Waals surface area (Å²) in [6, 6.07) is -0.558. The van der Waals surface area contributed by atoms with Gasteiger partial charge in [-0.05, 0) is 45.6 Å². The second-order valence-corrected chi connectivity index (χ2v) is 7.82. The molecule has 150 valence electrons. The summed E-state index contributed by atoms with van der Waals surface area (Å²) >= 11 is 0. The molecule has 0 radical (unpaired) electrons. The van der Waals surface area contributed by atoms with Crippen molar-refractivity contribution in [1.82, 2.24) is 20.0 Å². The molecular formula is C18H32F3N5. The number of halogens is 3. The lowest BCUT2D eigenvalue weighted by molar-refractivity contribution is -0.181. The zero-order valence-corrected chi connectivity index (χ0v) is 15.9. The maximum absolute atomic E-state index is 12.9. The van der Waals surface area contributed by atoms with E-state index in [4.69, 9.17) is 4.99 Å². The summed E-state index contributed by atoms with van der Waals surface area (Å²) < 4.78 is 38.7. The smallest absolute Gasteiger partial charge is 0.357 e. The van der Waals surface area contributed by atoms with E-state index in [1.165, 1.54) is 37.6 Å². The molecule has 2 unspecified atom stereocenters. The van der Waals surface area contributed by atoms with Crippen LogP contribution in [0.15, 0.2) is 4.99 Å². The predicted molar refractivity (Wildman–Crippen MR) is 97.3 cm³/mol. The minimum Gasteiger partial charge on any atom is -0.357 e. The molecule has 1 N–H and O–H groups in total. The standard InChI is InChI=1S/C18H32F3N5/c1-3-22-17(23-12-15-6-7-26(13-15)16-4-5-16)25-10-8-24(9-11-25)14(2)18(19,20)21/h14-16H,3-13H2,1-2H3,(H,22,23). The molecule has 2 aliphatic heterocycles. The number of guanidine groups is 1. The largest absolute Gasteiger partial charge is 0.403 e. The van der Waals surface area contributed by atoms with Gasteiger partial charge >= 0.3 is 6.18 Å². The van der Waals surface area contributed by atoms with Gasteiger partial charge in [0.2, 0.25) is 0 Å². The van der Waals surface area contributed by atoms with Crippen molar-refractivity contribution in [1.29, 1.82) is 0 Å². The van der Waals surface area contributed by atoms with Gasteiger partial charge in [0.15, 0.2) is 5.96 Å². The quantitative estimate of drug-likeness (QED) is 0.589. The summed E-state index contributed by atoms with van der Waals surface area (Å²) in [7, 11) is 0. The van der Waals surface area contributed by atoms with Crippen LogP contribution in [-0.4, -0.2) is 91.3 Å². The van der Waals surface area contributed by atoms with Crippen molar-refractivity contribution in [2.24, 2.45) is 10.9 Å². The number of likely N-dealkylation sites (tertiary alicyclic amines) is 1. The molecule has 3 aliphatic rings. The topological polar surface area (TPSA) is 34.1 Å². The molecule has 26 heavy (non-hydrogen) atoms. The maximum Gasteiger partial charge on any atom is 0.403 e. The summed E-state index contributed by atoms with van der Waals surface area (Å²) in [5.41, 5.74) is 0. The van der Waals surface area contributed by atoms with Crippen LogP contribution in [0.1, 0.15) is 33.1 Å². The molecule has 2 saturated heterocycles. The van der Waals surface area contributed by atoms with E-state index in [9.17, 15) is 13.2 Å². The van der Waals surface area contributed by atoms with E-state index in [1.807, 2.05) is 6.92 Å². The normalized spacial score (nSPS) is 27.8. The summed E-state index contributed by atoms with van der Waals surface area (Å²) in [6.45, 7) is 9.22. The van der Waals surface area contributed by atoms with Gasteiger partial charge in [-0.1, -0.05) is 0 Å². The number of hydrogen-bond donors (Lipinski definition) is 1. The first-order valence-corrected chi connectivity index (χ1v) is 9.96. The molecule has 0 spiro atoms. The fourth-order valence-corrected chi connectivity index (χ4v) is 3.95. The Morgan fingerprint density at radius 1 is 1.12 bits per heavy atom. The molecule has 2 heterocycles. The molecule has 1 saturated carbocycles. The zero-order chi connectivity index (χ0) is 18.7. The van der Waals surface area contributed by atoms with Gasteiger partial charge < -0.3 is 15.1 Å². The van der Waals surface area contributed by atoms with E-state index >= 15 is 0 Å². The molecule has 0 aromatic rings. The lowest BCUT2D eigenvalue weighted by Crippen LogP contribution is -2.56. The summed E-state index contributed by atoms with van der Waals surface area (Å²) in [4.78, 5) is 11.0. The Morgan fingerprint density at radius 3 is 2.38 bits per heavy atom. The molecule has 0 aromatic heterocycles. The Hall–Kier alpha value is -1.02. The third-order valence-electron chi connectivity index (χ3n) is 5.85. The van der Waals surface area contributed by atoms with E-state index < -0.39 is 12.2 Å². The van der Waals surface area contributed by atoms with Crippen LogP contribution in [0, 0.1) is 5.92 Å². The molecule has 1 aliphatic carbocycles. The van der Waals surface area contributed by atoms with Gasteiger partial charge in [-0.2, -0.15) is 13.2 Å². The van der Waals surface area contributed by atoms with E-state index in [2.05, 4.69) is 15.1 Å². The summed E-state index contributed by atoms with van der Waals surface area (Å²) in [5, 5.41) is 3.32. The minimum atomic E-state index is -4.16. The first-order chi connectivity index (χ1) is 12.4. The SMILES string of the molecule is CCNC(=NCC1CCN(C2CC2)C1)N1CCN(C(C)C(F)(F)F)CC1. The highest BCUT2D eigenvalue weighted by Gasteiger charge is 2.41. The van der Waals surface area contributed by atoms with E-state index in [-0.39, 0.29) is 0 Å². The number of hydrogen-bond acceptors (Lipinski definition) is 3. The molecule has 3 rings (SSSR count). The van der Waals surface area contributed by atoms with Gasteiger partial charge in [-0.15, -0.1) is 0 Å². The molecule has 5 nitrogen and oxygen atoms in total. The van der Waals surface area contributed by atoms with Gasteiger partial charge in [0.05, 0.1) is 0 Å². The molecule has 3 fully saturated rings. The number of alkyl halides is 3. The van der Waals surface area contributed by atoms with Crippen LogP contribution in [0.3, 0.4) is 0 Å². The van der Waals surface area contributed by atoms with Crippen molar-refractivity contribution < 1.29 is 13.2 Å². The first-order valence-electron chi connectivity index (χ1n) is 9.96. The van der Waals surface area contributed by atoms with Gasteiger partial charge in [0, 0.05) is 51.9 Å². The van der Waals surface area contributed by atoms with Crippen LogP contribution in [0.5, 0.6) is 0 Å². The Balaban J connectivity index is 1.50. The van der Waals surface area contributed by atoms with Crippen LogP contribution in [0.2, 0.25) is 0 Å². The van der Waals surface area contributed by atoms with E-state index in [0.717, 1.165) is 31.6 Å². The number of nitrogens with zero attached hydrogens (tertiary/aromatic N) is 4. The van der Waals surface area contributed by atoms with Crippen LogP contribution in [0.4, 0.5) is 13.2 Å². The van der Waals surface area contributed by atoms with Crippen molar-refractivity contribution in [2.45, 2.75) is 51.4 Å². The number of piperazine rings is 1. The Morgan fingerprint density at radius 2 is 1.81 bits per heavy atom. The zero-order valence-electron chi connectivity index (χ0n) is 15.9. The third-order valence-corrected chi connectivity index (χ3v) is 5.85. The molecule has 0 bridgehead atoms. The first kappa shape index (κ1) is 19.7. The highest BCUT2D eigenvalue weighted by atomic mass is 19.4. The van der Waals surface area contributed by atoms with Gasteiger partial charge in [0.25, 0.3) is 0 Å². The van der Waals surface area contributed by atoms with Gasteiger partial charge in [0.1, 0.15) is 6.04 Å². The fourth-order valence-electron chi connectivity index (χ4n) is 3.95. The highest BCUT2D eigenvalue weighted by molar-refractivity contribution is 5.80. The highest BCUT2D eigenvalue weighted by Crippen LogP contribution is 2.31. The number of rotatable bonds is 5. The fraction of sp³-hybridized carbons (Fsp3) is 0.944. The molecule has 2 atom stereocenters. The van der Waals surface area contributed by atoms with Crippen LogP contribution in [-0.2, 0) is 0 Å². The molecule has 0 aromatic carbocycles. The van der Waals surface area contributed by atoms with Gasteiger partial charge in [-0.3, -0.25) is 9.89 Å². The molecular weight excluding hydrogens is 343 g/mol. The van der Waals surface area contributed by atoms with Crippen molar-refractivity contribution in [2.75, 3.05) is 52.4 Å². The lowest BCUT2D eigenvalue weighted by Gasteiger charge is -2.39. The van der Waals surface area contributed by atoms with E-state index in [0.29, 0.717) is 32.1 Å². The molecule has 0 amide bonds. The van der Waals surface area contributed by atoms with Crippen LogP contribution >= 0.6 is 0 Å². The second kappa shape index (κ2) is 8.33. The van der Waals surface area contributed by atoms with Crippen molar-refractivity contribution in [3.05, 3.63) is 0 Å². The third kappa shape index (κ3) is 5.03. The van der Waals surface area contributed by atoms with Crippen molar-refractivity contribution in [3.8, 4) is 0 Å². The predicted octanol–water partition coefficient (Wildman–Crippen LogP) is 2.00. The summed E-state index contributed by atoms with van der Waals surface area (Å²) in [6.07, 6.45) is -0.258. The maximum atomic E-state index is 12.9. The second-order valence-electron chi connectivity index (χ2n) is 7.82. The summed E-state index contributed by atoms with van der Waals surface area (Å²) in [5.74, 6) is 1.47. The lowest BCUT2D eigenvalue weighted by atomic mass is 10.1. The van der Waals surface area contributed by atoms with E-state index in [1.54, 1.807) is 0 Å². The number of nitrogens with one attached hydrogen (secondary N) is 1. The van der Waals surface area contributed by atoms with Crippen molar-refractivity contribution in [3.63, 3.8) is 0 Å². The minimum absolute atomic E-state index is 0.421. The molecule has 8 heteroatoms. The van der Waals surface area contributed by atoms with Crippen LogP contribution in [0.25, 0.3) is 0 Å². The average Bonchev–Trinajstić information content (AvgIpc) is 3.36. The van der Waals surface area contributed by atoms with Crippen LogP contribution < -0.4 is 5.32 Å². The Labute approximate surface area is 154 Å². The van der Waals surface area contributed by atoms with Gasteiger partial charge in [-0.25, -0.2) is 0 Å².